The highest BCUT2D eigenvalue weighted by Crippen LogP contribution is 2.17. The number of carbonyl (C=O) groups excluding carboxylic acids is 1. The minimum absolute atomic E-state index is 0.160. The fourth-order valence-corrected chi connectivity index (χ4v) is 1.74. The lowest BCUT2D eigenvalue weighted by molar-refractivity contribution is -0.114. The third-order valence-electron chi connectivity index (χ3n) is 2.54. The Balaban J connectivity index is 3.58. The Bertz CT molecular complexity index is 160. The lowest BCUT2D eigenvalue weighted by Gasteiger charge is -2.13. The number of hydrogen-bond donors (Lipinski definition) is 1. The molecule has 2 nitrogen and oxygen atoms in total. The fraction of sp³-hybridized carbons (Fsp3) is 0.750. The van der Waals surface area contributed by atoms with Gasteiger partial charge in [0.05, 0.1) is 0 Å². The van der Waals surface area contributed by atoms with E-state index in [1.807, 2.05) is 0 Å². The Morgan fingerprint density at radius 2 is 2.14 bits per heavy atom. The summed E-state index contributed by atoms with van der Waals surface area (Å²) in [5, 5.41) is 0. The maximum absolute atomic E-state index is 11.0. The molecule has 0 aromatic rings. The topological polar surface area (TPSA) is 43.1 Å². The minimum Gasteiger partial charge on any atom is -0.330 e. The van der Waals surface area contributed by atoms with Gasteiger partial charge in [0.2, 0.25) is 0 Å². The number of allylic oxidation sites excluding steroid dienone is 1. The number of rotatable bonds is 9. The van der Waals surface area contributed by atoms with Crippen molar-refractivity contribution in [3.05, 3.63) is 12.7 Å². The molecule has 0 aliphatic rings. The summed E-state index contributed by atoms with van der Waals surface area (Å²) in [6.07, 6.45) is 7.71. The van der Waals surface area contributed by atoms with Gasteiger partial charge < -0.3 is 5.73 Å². The summed E-state index contributed by atoms with van der Waals surface area (Å²) < 4.78 is 0. The molecular formula is C12H23NO. The second-order valence-corrected chi connectivity index (χ2v) is 3.79. The van der Waals surface area contributed by atoms with Crippen molar-refractivity contribution in [1.82, 2.24) is 0 Å². The maximum Gasteiger partial charge on any atom is 0.155 e. The highest BCUT2D eigenvalue weighted by atomic mass is 16.1. The second kappa shape index (κ2) is 8.95. The van der Waals surface area contributed by atoms with Gasteiger partial charge >= 0.3 is 0 Å². The zero-order valence-electron chi connectivity index (χ0n) is 9.30. The van der Waals surface area contributed by atoms with Crippen molar-refractivity contribution in [2.75, 3.05) is 6.54 Å². The first-order chi connectivity index (χ1) is 6.74. The molecule has 0 rings (SSSR count). The molecule has 0 saturated carbocycles. The first kappa shape index (κ1) is 13.4. The van der Waals surface area contributed by atoms with E-state index in [1.54, 1.807) is 0 Å². The standard InChI is InChI=1S/C12H23NO/c1-3-6-11(9-10-13)7-5-8-12(14)4-2/h4,11H,2-3,5-10,13H2,1H3. The largest absolute Gasteiger partial charge is 0.330 e. The monoisotopic (exact) mass is 197 g/mol. The summed E-state index contributed by atoms with van der Waals surface area (Å²) in [6.45, 7) is 6.42. The Morgan fingerprint density at radius 1 is 1.43 bits per heavy atom. The highest BCUT2D eigenvalue weighted by Gasteiger charge is 2.07. The van der Waals surface area contributed by atoms with Crippen LogP contribution in [0.3, 0.4) is 0 Å². The van der Waals surface area contributed by atoms with Gasteiger partial charge in [-0.2, -0.15) is 0 Å². The zero-order valence-corrected chi connectivity index (χ0v) is 9.30. The summed E-state index contributed by atoms with van der Waals surface area (Å²) >= 11 is 0. The molecule has 0 amide bonds. The molecule has 2 N–H and O–H groups in total. The third kappa shape index (κ3) is 6.84. The number of carbonyl (C=O) groups is 1. The van der Waals surface area contributed by atoms with E-state index in [9.17, 15) is 4.79 Å². The molecule has 0 saturated heterocycles. The van der Waals surface area contributed by atoms with Crippen molar-refractivity contribution < 1.29 is 4.79 Å². The lowest BCUT2D eigenvalue weighted by Crippen LogP contribution is -2.09. The van der Waals surface area contributed by atoms with Gasteiger partial charge in [0, 0.05) is 6.42 Å². The van der Waals surface area contributed by atoms with Crippen LogP contribution in [0.2, 0.25) is 0 Å². The minimum atomic E-state index is 0.160. The van der Waals surface area contributed by atoms with Gasteiger partial charge in [-0.15, -0.1) is 0 Å². The summed E-state index contributed by atoms with van der Waals surface area (Å²) in [5.74, 6) is 0.871. The molecule has 1 unspecified atom stereocenters. The van der Waals surface area contributed by atoms with E-state index >= 15 is 0 Å². The second-order valence-electron chi connectivity index (χ2n) is 3.79. The van der Waals surface area contributed by atoms with Gasteiger partial charge in [-0.1, -0.05) is 26.3 Å². The molecular weight excluding hydrogens is 174 g/mol. The van der Waals surface area contributed by atoms with Crippen LogP contribution < -0.4 is 5.73 Å². The summed E-state index contributed by atoms with van der Waals surface area (Å²) in [7, 11) is 0. The molecule has 2 heteroatoms. The Morgan fingerprint density at radius 3 is 2.64 bits per heavy atom. The molecule has 0 aliphatic carbocycles. The van der Waals surface area contributed by atoms with Gasteiger partial charge in [0.15, 0.2) is 5.78 Å². The summed E-state index contributed by atoms with van der Waals surface area (Å²) in [5.41, 5.74) is 5.53. The molecule has 0 radical (unpaired) electrons. The van der Waals surface area contributed by atoms with E-state index < -0.39 is 0 Å². The SMILES string of the molecule is C=CC(=O)CCCC(CCC)CCN. The number of nitrogens with two attached hydrogens (primary N) is 1. The number of ketones is 1. The van der Waals surface area contributed by atoms with Gasteiger partial charge in [0.1, 0.15) is 0 Å². The molecule has 1 atom stereocenters. The van der Waals surface area contributed by atoms with Crippen LogP contribution in [0.25, 0.3) is 0 Å². The fourth-order valence-electron chi connectivity index (χ4n) is 1.74. The van der Waals surface area contributed by atoms with E-state index in [-0.39, 0.29) is 5.78 Å². The van der Waals surface area contributed by atoms with Crippen LogP contribution in [0.4, 0.5) is 0 Å². The van der Waals surface area contributed by atoms with Gasteiger partial charge in [0.25, 0.3) is 0 Å². The van der Waals surface area contributed by atoms with Crippen LogP contribution in [0.15, 0.2) is 12.7 Å². The highest BCUT2D eigenvalue weighted by molar-refractivity contribution is 5.88. The normalized spacial score (nSPS) is 12.4. The van der Waals surface area contributed by atoms with Crippen molar-refractivity contribution in [2.45, 2.75) is 45.4 Å². The van der Waals surface area contributed by atoms with Crippen LogP contribution in [0.5, 0.6) is 0 Å². The van der Waals surface area contributed by atoms with E-state index in [1.165, 1.54) is 18.9 Å². The quantitative estimate of drug-likeness (QED) is 0.577. The molecule has 14 heavy (non-hydrogen) atoms. The molecule has 0 aromatic heterocycles. The first-order valence-electron chi connectivity index (χ1n) is 5.59. The lowest BCUT2D eigenvalue weighted by atomic mass is 9.93. The van der Waals surface area contributed by atoms with Crippen LogP contribution in [-0.2, 0) is 4.79 Å². The van der Waals surface area contributed by atoms with E-state index in [0.717, 1.165) is 25.8 Å². The van der Waals surface area contributed by atoms with Crippen LogP contribution >= 0.6 is 0 Å². The molecule has 0 aromatic carbocycles. The zero-order chi connectivity index (χ0) is 10.8. The molecule has 0 fully saturated rings. The predicted octanol–water partition coefficient (Wildman–Crippen LogP) is 2.68. The molecule has 0 heterocycles. The molecule has 82 valence electrons. The average Bonchev–Trinajstić information content (AvgIpc) is 2.18. The van der Waals surface area contributed by atoms with Crippen molar-refractivity contribution in [3.63, 3.8) is 0 Å². The van der Waals surface area contributed by atoms with Gasteiger partial charge in [-0.3, -0.25) is 4.79 Å². The molecule has 0 bridgehead atoms. The Labute approximate surface area is 87.6 Å². The maximum atomic E-state index is 11.0. The predicted molar refractivity (Wildman–Crippen MR) is 61.1 cm³/mol. The van der Waals surface area contributed by atoms with Crippen molar-refractivity contribution in [1.29, 1.82) is 0 Å². The van der Waals surface area contributed by atoms with Crippen molar-refractivity contribution >= 4 is 5.78 Å². The molecule has 0 aliphatic heterocycles. The number of hydrogen-bond acceptors (Lipinski definition) is 2. The Hall–Kier alpha value is -0.630. The molecule has 0 spiro atoms. The average molecular weight is 197 g/mol. The van der Waals surface area contributed by atoms with Gasteiger partial charge in [-0.25, -0.2) is 0 Å². The van der Waals surface area contributed by atoms with E-state index in [0.29, 0.717) is 12.3 Å². The smallest absolute Gasteiger partial charge is 0.155 e. The van der Waals surface area contributed by atoms with Crippen molar-refractivity contribution in [3.8, 4) is 0 Å². The van der Waals surface area contributed by atoms with Gasteiger partial charge in [-0.05, 0) is 37.8 Å². The Kier molecular flexibility index (Phi) is 8.54. The van der Waals surface area contributed by atoms with E-state index in [2.05, 4.69) is 13.5 Å². The first-order valence-corrected chi connectivity index (χ1v) is 5.59. The van der Waals surface area contributed by atoms with Crippen molar-refractivity contribution in [2.24, 2.45) is 11.7 Å². The third-order valence-corrected chi connectivity index (χ3v) is 2.54. The van der Waals surface area contributed by atoms with Crippen LogP contribution in [0, 0.1) is 5.92 Å². The van der Waals surface area contributed by atoms with Crippen LogP contribution in [0.1, 0.15) is 45.4 Å². The summed E-state index contributed by atoms with van der Waals surface area (Å²) in [4.78, 5) is 11.0. The van der Waals surface area contributed by atoms with E-state index in [4.69, 9.17) is 5.73 Å². The summed E-state index contributed by atoms with van der Waals surface area (Å²) in [6, 6.07) is 0. The van der Waals surface area contributed by atoms with Crippen LogP contribution in [-0.4, -0.2) is 12.3 Å².